The van der Waals surface area contributed by atoms with Crippen molar-refractivity contribution in [1.82, 2.24) is 24.8 Å². The highest BCUT2D eigenvalue weighted by molar-refractivity contribution is 5.97. The van der Waals surface area contributed by atoms with Crippen molar-refractivity contribution < 1.29 is 23.4 Å². The van der Waals surface area contributed by atoms with Gasteiger partial charge in [-0.2, -0.15) is 5.26 Å². The number of hydrogen-bond acceptors (Lipinski definition) is 9. The van der Waals surface area contributed by atoms with E-state index >= 15 is 0 Å². The van der Waals surface area contributed by atoms with E-state index in [4.69, 9.17) is 35.2 Å². The first-order valence-electron chi connectivity index (χ1n) is 19.3. The molecule has 4 aromatic rings. The molecule has 3 N–H and O–H groups in total. The zero-order valence-electron chi connectivity index (χ0n) is 32.1. The number of fused-ring (bicyclic) bond motifs is 1. The molecule has 1 aliphatic carbocycles. The maximum Gasteiger partial charge on any atom is 0.251 e. The van der Waals surface area contributed by atoms with Gasteiger partial charge in [-0.3, -0.25) is 9.69 Å². The highest BCUT2D eigenvalue weighted by Crippen LogP contribution is 2.51. The number of benzene rings is 2. The first-order valence-corrected chi connectivity index (χ1v) is 19.3. The summed E-state index contributed by atoms with van der Waals surface area (Å²) < 4.78 is 33.9. The minimum absolute atomic E-state index is 0.0520. The molecule has 11 nitrogen and oxygen atoms in total. The van der Waals surface area contributed by atoms with Gasteiger partial charge in [0.2, 0.25) is 5.88 Å². The zero-order chi connectivity index (χ0) is 38.3. The topological polar surface area (TPSA) is 141 Å². The lowest BCUT2D eigenvalue weighted by molar-refractivity contribution is -0.0599. The molecule has 1 saturated carbocycles. The van der Waals surface area contributed by atoms with E-state index in [0.29, 0.717) is 36.1 Å². The minimum Gasteiger partial charge on any atom is -0.473 e. The molecule has 2 saturated heterocycles. The molecule has 288 valence electrons. The van der Waals surface area contributed by atoms with Crippen LogP contribution in [0.25, 0.3) is 11.0 Å². The van der Waals surface area contributed by atoms with Gasteiger partial charge in [0.25, 0.3) is 5.91 Å². The quantitative estimate of drug-likeness (QED) is 0.149. The van der Waals surface area contributed by atoms with Gasteiger partial charge in [0.15, 0.2) is 0 Å². The van der Waals surface area contributed by atoms with E-state index < -0.39 is 11.4 Å². The highest BCUT2D eigenvalue weighted by Gasteiger charge is 2.48. The average molecular weight is 740 g/mol. The van der Waals surface area contributed by atoms with E-state index in [-0.39, 0.29) is 29.6 Å². The van der Waals surface area contributed by atoms with Gasteiger partial charge in [0, 0.05) is 55.1 Å². The number of aromatic nitrogens is 3. The normalized spacial score (nSPS) is 19.1. The maximum absolute atomic E-state index is 14.4. The number of rotatable bonds is 14. The van der Waals surface area contributed by atoms with E-state index in [1.807, 2.05) is 51.1 Å². The Labute approximate surface area is 318 Å². The first-order chi connectivity index (χ1) is 26.0. The minimum atomic E-state index is -0.486. The Morgan fingerprint density at radius 3 is 2.63 bits per heavy atom. The van der Waals surface area contributed by atoms with Crippen molar-refractivity contribution in [3.8, 4) is 11.9 Å². The number of ether oxygens (including phenoxy) is 3. The summed E-state index contributed by atoms with van der Waals surface area (Å²) in [6.07, 6.45) is 5.54. The fraction of sp³-hybridized carbons (Fsp3) is 0.524. The van der Waals surface area contributed by atoms with Crippen LogP contribution >= 0.6 is 0 Å². The Hall–Kier alpha value is -4.41. The molecule has 2 unspecified atom stereocenters. The van der Waals surface area contributed by atoms with Crippen molar-refractivity contribution in [2.45, 2.75) is 97.1 Å². The molecule has 7 rings (SSSR count). The van der Waals surface area contributed by atoms with Crippen LogP contribution in [-0.4, -0.2) is 76.4 Å². The van der Waals surface area contributed by atoms with Gasteiger partial charge in [-0.05, 0) is 101 Å². The molecule has 3 fully saturated rings. The lowest BCUT2D eigenvalue weighted by Gasteiger charge is -2.48. The van der Waals surface area contributed by atoms with E-state index in [0.717, 1.165) is 94.0 Å². The molecule has 0 radical (unpaired) electrons. The molecule has 3 aliphatic rings. The molecule has 1 spiro atoms. The fourth-order valence-corrected chi connectivity index (χ4v) is 7.63. The number of carbonyl (C=O) groups is 1. The van der Waals surface area contributed by atoms with Crippen LogP contribution in [0, 0.1) is 22.6 Å². The number of nitriles is 1. The molecule has 2 aromatic carbocycles. The second-order valence-corrected chi connectivity index (χ2v) is 15.6. The van der Waals surface area contributed by atoms with Gasteiger partial charge in [-0.25, -0.2) is 14.4 Å². The summed E-state index contributed by atoms with van der Waals surface area (Å²) in [5.41, 5.74) is 8.93. The Kier molecular flexibility index (Phi) is 12.6. The van der Waals surface area contributed by atoms with Crippen molar-refractivity contribution in [2.75, 3.05) is 39.5 Å². The number of halogens is 1. The van der Waals surface area contributed by atoms with Gasteiger partial charge >= 0.3 is 0 Å². The molecule has 54 heavy (non-hydrogen) atoms. The zero-order valence-corrected chi connectivity index (χ0v) is 32.1. The van der Waals surface area contributed by atoms with Crippen molar-refractivity contribution >= 4 is 16.9 Å². The number of pyridine rings is 1. The van der Waals surface area contributed by atoms with Crippen LogP contribution in [0.1, 0.15) is 98.7 Å². The van der Waals surface area contributed by atoms with Gasteiger partial charge in [-0.1, -0.05) is 19.1 Å². The van der Waals surface area contributed by atoms with Crippen LogP contribution in [0.4, 0.5) is 4.39 Å². The van der Waals surface area contributed by atoms with Crippen LogP contribution in [0.3, 0.4) is 0 Å². The molecule has 0 bridgehead atoms. The number of hydrogen-bond donors (Lipinski definition) is 2. The van der Waals surface area contributed by atoms with Crippen LogP contribution in [0.15, 0.2) is 54.6 Å². The molecular weight excluding hydrogens is 686 g/mol. The van der Waals surface area contributed by atoms with Crippen LogP contribution in [0.2, 0.25) is 0 Å². The summed E-state index contributed by atoms with van der Waals surface area (Å²) in [6, 6.07) is 17.9. The maximum atomic E-state index is 14.4. The van der Waals surface area contributed by atoms with E-state index in [1.54, 1.807) is 18.2 Å². The molecular formula is C42H54FN7O4. The van der Waals surface area contributed by atoms with Gasteiger partial charge in [0.05, 0.1) is 54.0 Å². The number of carbonyl (C=O) groups excluding carboxylic acids is 1. The second kappa shape index (κ2) is 17.4. The molecule has 4 heterocycles. The third-order valence-electron chi connectivity index (χ3n) is 10.6. The summed E-state index contributed by atoms with van der Waals surface area (Å²) in [5.74, 6) is 1.24. The Morgan fingerprint density at radius 1 is 1.15 bits per heavy atom. The number of amides is 1. The van der Waals surface area contributed by atoms with Gasteiger partial charge in [0.1, 0.15) is 18.2 Å². The Morgan fingerprint density at radius 2 is 1.94 bits per heavy atom. The lowest BCUT2D eigenvalue weighted by Crippen LogP contribution is -2.54. The average Bonchev–Trinajstić information content (AvgIpc) is 3.73. The van der Waals surface area contributed by atoms with Gasteiger partial charge < -0.3 is 29.8 Å². The molecule has 2 aliphatic heterocycles. The smallest absolute Gasteiger partial charge is 0.251 e. The Bertz CT molecular complexity index is 1940. The van der Waals surface area contributed by atoms with Crippen molar-refractivity contribution in [3.63, 3.8) is 0 Å². The van der Waals surface area contributed by atoms with Crippen LogP contribution < -0.4 is 15.8 Å². The molecule has 1 amide bonds. The monoisotopic (exact) mass is 739 g/mol. The lowest BCUT2D eigenvalue weighted by atomic mass is 9.77. The fourth-order valence-electron chi connectivity index (χ4n) is 7.63. The van der Waals surface area contributed by atoms with Crippen molar-refractivity contribution in [2.24, 2.45) is 11.1 Å². The van der Waals surface area contributed by atoms with Gasteiger partial charge in [-0.15, -0.1) is 0 Å². The number of likely N-dealkylation sites (tertiary alicyclic amines) is 1. The SMILES string of the molecule is CCCN.CCOCC(C)(C)NC(=O)c1ccc2nc(CN3CC4(CCC(c5cccc(OCc6ccc(C#N)cc6F)n5)C4)C3)n(CC3CCO3)c2c1. The highest BCUT2D eigenvalue weighted by atomic mass is 19.1. The molecule has 2 aromatic heterocycles. The summed E-state index contributed by atoms with van der Waals surface area (Å²) in [5, 5.41) is 12.1. The van der Waals surface area contributed by atoms with E-state index in [9.17, 15) is 9.18 Å². The van der Waals surface area contributed by atoms with Crippen LogP contribution in [0.5, 0.6) is 5.88 Å². The predicted molar refractivity (Wildman–Crippen MR) is 205 cm³/mol. The predicted octanol–water partition coefficient (Wildman–Crippen LogP) is 6.48. The van der Waals surface area contributed by atoms with E-state index in [1.165, 1.54) is 6.07 Å². The number of nitrogens with zero attached hydrogens (tertiary/aromatic N) is 5. The van der Waals surface area contributed by atoms with E-state index in [2.05, 4.69) is 27.8 Å². The number of imidazole rings is 1. The number of nitrogens with two attached hydrogens (primary N) is 1. The summed E-state index contributed by atoms with van der Waals surface area (Å²) in [6.45, 7) is 14.1. The van der Waals surface area contributed by atoms with Crippen molar-refractivity contribution in [1.29, 1.82) is 5.26 Å². The molecule has 2 atom stereocenters. The number of nitrogens with one attached hydrogen (secondary N) is 1. The first kappa shape index (κ1) is 39.3. The summed E-state index contributed by atoms with van der Waals surface area (Å²) in [7, 11) is 0. The summed E-state index contributed by atoms with van der Waals surface area (Å²) >= 11 is 0. The largest absolute Gasteiger partial charge is 0.473 e. The van der Waals surface area contributed by atoms with Crippen molar-refractivity contribution in [3.05, 3.63) is 88.6 Å². The second-order valence-electron chi connectivity index (χ2n) is 15.6. The summed E-state index contributed by atoms with van der Waals surface area (Å²) in [4.78, 5) is 25.6. The Balaban J connectivity index is 0.00000119. The third-order valence-corrected chi connectivity index (χ3v) is 10.6. The molecule has 12 heteroatoms. The standard InChI is InChI=1S/C39H45FN6O4.C3H9N/c1-4-48-25-38(2,3)44-37(47)27-10-11-33-34(17-27)46(20-30-13-15-49-30)35(42-33)21-45-23-39(24-45)14-12-28(18-39)32-6-5-7-36(43-32)50-22-29-9-8-26(19-41)16-31(29)40;1-2-3-4/h5-11,16-17,28,30H,4,12-15,18,20-25H2,1-3H3,(H,44,47);2-4H2,1H3. The third kappa shape index (κ3) is 9.44. The van der Waals surface area contributed by atoms with Crippen LogP contribution in [-0.2, 0) is 29.2 Å².